The normalized spacial score (nSPS) is 9.92. The van der Waals surface area contributed by atoms with Crippen LogP contribution in [0, 0.1) is 0 Å². The van der Waals surface area contributed by atoms with Gasteiger partial charge in [0.25, 0.3) is 11.5 Å². The summed E-state index contributed by atoms with van der Waals surface area (Å²) in [7, 11) is 2.38. The summed E-state index contributed by atoms with van der Waals surface area (Å²) >= 11 is 0. The van der Waals surface area contributed by atoms with Gasteiger partial charge in [0.2, 0.25) is 0 Å². The lowest BCUT2D eigenvalue weighted by molar-refractivity contribution is 0.0599. The van der Waals surface area contributed by atoms with Crippen molar-refractivity contribution in [1.29, 1.82) is 0 Å². The van der Waals surface area contributed by atoms with Crippen molar-refractivity contribution in [3.8, 4) is 0 Å². The predicted molar refractivity (Wildman–Crippen MR) is 81.9 cm³/mol. The predicted octanol–water partition coefficient (Wildman–Crippen LogP) is 0.595. The molecule has 0 bridgehead atoms. The molecule has 124 valence electrons. The molecule has 2 aromatic rings. The molecular formula is C15H13N3O6. The molecule has 0 saturated heterocycles. The average molecular weight is 331 g/mol. The Balaban J connectivity index is 2.35. The maximum Gasteiger partial charge on any atom is 0.337 e. The van der Waals surface area contributed by atoms with Gasteiger partial charge in [0.15, 0.2) is 0 Å². The van der Waals surface area contributed by atoms with E-state index in [0.29, 0.717) is 0 Å². The number of aromatic nitrogens is 2. The SMILES string of the molecule is COC(=O)c1cc(NC(=O)c2ccc(=O)[nH]n2)cc(C(=O)OC)c1. The molecule has 2 rings (SSSR count). The number of hydrogen-bond acceptors (Lipinski definition) is 7. The van der Waals surface area contributed by atoms with Crippen molar-refractivity contribution in [3.63, 3.8) is 0 Å². The van der Waals surface area contributed by atoms with Crippen LogP contribution in [0.2, 0.25) is 0 Å². The van der Waals surface area contributed by atoms with Crippen molar-refractivity contribution < 1.29 is 23.9 Å². The molecule has 2 N–H and O–H groups in total. The minimum atomic E-state index is -0.682. The second-order valence-electron chi connectivity index (χ2n) is 4.54. The number of methoxy groups -OCH3 is 2. The van der Waals surface area contributed by atoms with Crippen molar-refractivity contribution in [2.75, 3.05) is 19.5 Å². The molecule has 1 amide bonds. The van der Waals surface area contributed by atoms with E-state index in [-0.39, 0.29) is 22.5 Å². The molecule has 0 unspecified atom stereocenters. The van der Waals surface area contributed by atoms with Crippen LogP contribution in [-0.4, -0.2) is 42.3 Å². The van der Waals surface area contributed by atoms with Crippen LogP contribution in [0.15, 0.2) is 35.1 Å². The van der Waals surface area contributed by atoms with E-state index in [1.165, 1.54) is 38.5 Å². The van der Waals surface area contributed by atoms with Crippen LogP contribution in [0.25, 0.3) is 0 Å². The molecule has 0 fully saturated rings. The first-order valence-corrected chi connectivity index (χ1v) is 6.63. The molecule has 1 aromatic carbocycles. The van der Waals surface area contributed by atoms with Crippen LogP contribution < -0.4 is 10.9 Å². The largest absolute Gasteiger partial charge is 0.465 e. The van der Waals surface area contributed by atoms with Gasteiger partial charge in [-0.15, -0.1) is 0 Å². The maximum absolute atomic E-state index is 12.1. The Kier molecular flexibility index (Phi) is 5.05. The number of amides is 1. The summed E-state index contributed by atoms with van der Waals surface area (Å²) in [6.45, 7) is 0. The number of hydrogen-bond donors (Lipinski definition) is 2. The Morgan fingerprint density at radius 2 is 1.58 bits per heavy atom. The summed E-state index contributed by atoms with van der Waals surface area (Å²) in [5.41, 5.74) is -0.212. The maximum atomic E-state index is 12.1. The van der Waals surface area contributed by atoms with Crippen molar-refractivity contribution in [1.82, 2.24) is 10.2 Å². The molecule has 0 spiro atoms. The van der Waals surface area contributed by atoms with Crippen LogP contribution in [0.3, 0.4) is 0 Å². The van der Waals surface area contributed by atoms with Crippen LogP contribution in [0.1, 0.15) is 31.2 Å². The zero-order valence-electron chi connectivity index (χ0n) is 12.8. The highest BCUT2D eigenvalue weighted by Crippen LogP contribution is 2.17. The van der Waals surface area contributed by atoms with Gasteiger partial charge in [-0.1, -0.05) is 0 Å². The number of aromatic amines is 1. The summed E-state index contributed by atoms with van der Waals surface area (Å²) in [6.07, 6.45) is 0. The van der Waals surface area contributed by atoms with E-state index in [2.05, 4.69) is 25.0 Å². The topological polar surface area (TPSA) is 127 Å². The highest BCUT2D eigenvalue weighted by atomic mass is 16.5. The number of nitrogens with one attached hydrogen (secondary N) is 2. The number of ether oxygens (including phenoxy) is 2. The van der Waals surface area contributed by atoms with Gasteiger partial charge in [-0.3, -0.25) is 9.59 Å². The molecular weight excluding hydrogens is 318 g/mol. The smallest absolute Gasteiger partial charge is 0.337 e. The molecule has 0 atom stereocenters. The number of nitrogens with zero attached hydrogens (tertiary/aromatic N) is 1. The standard InChI is InChI=1S/C15H13N3O6/c1-23-14(21)8-5-9(15(22)24-2)7-10(6-8)16-13(20)11-3-4-12(19)18-17-11/h3-7H,1-2H3,(H,16,20)(H,18,19). The van der Waals surface area contributed by atoms with Crippen molar-refractivity contribution in [2.45, 2.75) is 0 Å². The van der Waals surface area contributed by atoms with E-state index >= 15 is 0 Å². The monoisotopic (exact) mass is 331 g/mol. The molecule has 0 radical (unpaired) electrons. The molecule has 0 saturated carbocycles. The Morgan fingerprint density at radius 1 is 1.00 bits per heavy atom. The van der Waals surface area contributed by atoms with Crippen LogP contribution in [0.4, 0.5) is 5.69 Å². The van der Waals surface area contributed by atoms with E-state index in [1.54, 1.807) is 0 Å². The van der Waals surface area contributed by atoms with Gasteiger partial charge < -0.3 is 14.8 Å². The second kappa shape index (κ2) is 7.18. The average Bonchev–Trinajstić information content (AvgIpc) is 2.60. The zero-order chi connectivity index (χ0) is 17.7. The number of esters is 2. The van der Waals surface area contributed by atoms with E-state index in [9.17, 15) is 19.2 Å². The summed E-state index contributed by atoms with van der Waals surface area (Å²) < 4.78 is 9.21. The number of carbonyl (C=O) groups excluding carboxylic acids is 3. The third-order valence-electron chi connectivity index (χ3n) is 2.94. The fourth-order valence-corrected chi connectivity index (χ4v) is 1.84. The Labute approximate surface area is 135 Å². The van der Waals surface area contributed by atoms with Crippen molar-refractivity contribution in [2.24, 2.45) is 0 Å². The van der Waals surface area contributed by atoms with Crippen molar-refractivity contribution in [3.05, 3.63) is 57.5 Å². The molecule has 1 aromatic heterocycles. The van der Waals surface area contributed by atoms with Gasteiger partial charge in [0.1, 0.15) is 5.69 Å². The highest BCUT2D eigenvalue weighted by Gasteiger charge is 2.16. The van der Waals surface area contributed by atoms with Crippen LogP contribution in [0.5, 0.6) is 0 Å². The number of benzene rings is 1. The van der Waals surface area contributed by atoms with Crippen molar-refractivity contribution >= 4 is 23.5 Å². The fourth-order valence-electron chi connectivity index (χ4n) is 1.84. The molecule has 9 nitrogen and oxygen atoms in total. The Bertz CT molecular complexity index is 804. The van der Waals surface area contributed by atoms with Crippen LogP contribution >= 0.6 is 0 Å². The molecule has 1 heterocycles. The highest BCUT2D eigenvalue weighted by molar-refractivity contribution is 6.04. The third-order valence-corrected chi connectivity index (χ3v) is 2.94. The lowest BCUT2D eigenvalue weighted by atomic mass is 10.1. The van der Waals surface area contributed by atoms with E-state index in [4.69, 9.17) is 0 Å². The first-order chi connectivity index (χ1) is 11.4. The van der Waals surface area contributed by atoms with Gasteiger partial charge in [-0.05, 0) is 24.3 Å². The van der Waals surface area contributed by atoms with Gasteiger partial charge in [0.05, 0.1) is 25.3 Å². The lowest BCUT2D eigenvalue weighted by Gasteiger charge is -2.09. The van der Waals surface area contributed by atoms with Gasteiger partial charge in [-0.2, -0.15) is 5.10 Å². The Hall–Kier alpha value is -3.49. The first kappa shape index (κ1) is 16.9. The minimum Gasteiger partial charge on any atom is -0.465 e. The summed E-state index contributed by atoms with van der Waals surface area (Å²) in [6, 6.07) is 6.33. The second-order valence-corrected chi connectivity index (χ2v) is 4.54. The van der Waals surface area contributed by atoms with E-state index in [1.807, 2.05) is 0 Å². The number of anilines is 1. The lowest BCUT2D eigenvalue weighted by Crippen LogP contribution is -2.18. The summed E-state index contributed by atoms with van der Waals surface area (Å²) in [5.74, 6) is -2.00. The molecule has 24 heavy (non-hydrogen) atoms. The zero-order valence-corrected chi connectivity index (χ0v) is 12.8. The van der Waals surface area contributed by atoms with Gasteiger partial charge >= 0.3 is 11.9 Å². The molecule has 0 aliphatic heterocycles. The first-order valence-electron chi connectivity index (χ1n) is 6.63. The fraction of sp³-hybridized carbons (Fsp3) is 0.133. The van der Waals surface area contributed by atoms with E-state index in [0.717, 1.165) is 6.07 Å². The van der Waals surface area contributed by atoms with E-state index < -0.39 is 23.4 Å². The minimum absolute atomic E-state index is 0.0438. The van der Waals surface area contributed by atoms with Crippen LogP contribution in [-0.2, 0) is 9.47 Å². The summed E-state index contributed by atoms with van der Waals surface area (Å²) in [5, 5.41) is 8.20. The summed E-state index contributed by atoms with van der Waals surface area (Å²) in [4.78, 5) is 46.4. The van der Waals surface area contributed by atoms with Gasteiger partial charge in [-0.25, -0.2) is 14.7 Å². The number of rotatable bonds is 4. The molecule has 0 aliphatic carbocycles. The number of carbonyl (C=O) groups is 3. The molecule has 9 heteroatoms. The molecule has 0 aliphatic rings. The van der Waals surface area contributed by atoms with Gasteiger partial charge in [0, 0.05) is 11.8 Å². The quantitative estimate of drug-likeness (QED) is 0.785. The third kappa shape index (κ3) is 3.83. The Morgan fingerprint density at radius 3 is 2.04 bits per heavy atom. The number of H-pyrrole nitrogens is 1.